The number of rotatable bonds is 4. The molecule has 1 aliphatic heterocycles. The molecule has 2 heterocycles. The number of benzene rings is 1. The highest BCUT2D eigenvalue weighted by molar-refractivity contribution is 6.31. The average Bonchev–Trinajstić information content (AvgIpc) is 2.62. The molecule has 0 spiro atoms. The van der Waals surface area contributed by atoms with Gasteiger partial charge in [-0.05, 0) is 37.1 Å². The van der Waals surface area contributed by atoms with Crippen molar-refractivity contribution in [1.29, 1.82) is 0 Å². The van der Waals surface area contributed by atoms with Crippen LogP contribution >= 0.6 is 11.6 Å². The molecular weight excluding hydrogens is 328 g/mol. The SMILES string of the molecule is COc1ccc(Cl)cc1C(=O)N[C@@H]1CCCN(c2ncccn2)C1. The number of halogens is 1. The second kappa shape index (κ2) is 7.49. The van der Waals surface area contributed by atoms with Crippen LogP contribution in [0.2, 0.25) is 5.02 Å². The Kier molecular flexibility index (Phi) is 5.15. The number of hydrogen-bond donors (Lipinski definition) is 1. The van der Waals surface area contributed by atoms with Gasteiger partial charge >= 0.3 is 0 Å². The third-order valence-electron chi connectivity index (χ3n) is 4.00. The van der Waals surface area contributed by atoms with Gasteiger partial charge < -0.3 is 15.0 Å². The normalized spacial score (nSPS) is 17.4. The summed E-state index contributed by atoms with van der Waals surface area (Å²) in [6.45, 7) is 1.56. The van der Waals surface area contributed by atoms with Crippen molar-refractivity contribution in [2.45, 2.75) is 18.9 Å². The van der Waals surface area contributed by atoms with Gasteiger partial charge in [-0.1, -0.05) is 11.6 Å². The number of methoxy groups -OCH3 is 1. The largest absolute Gasteiger partial charge is 0.496 e. The third kappa shape index (κ3) is 3.76. The van der Waals surface area contributed by atoms with E-state index in [9.17, 15) is 4.79 Å². The molecule has 7 heteroatoms. The minimum Gasteiger partial charge on any atom is -0.496 e. The van der Waals surface area contributed by atoms with E-state index in [0.29, 0.717) is 28.8 Å². The average molecular weight is 347 g/mol. The number of carbonyl (C=O) groups is 1. The van der Waals surface area contributed by atoms with E-state index < -0.39 is 0 Å². The Bertz CT molecular complexity index is 711. The van der Waals surface area contributed by atoms with Crippen molar-refractivity contribution >= 4 is 23.5 Å². The minimum absolute atomic E-state index is 0.0266. The van der Waals surface area contributed by atoms with Crippen molar-refractivity contribution in [2.75, 3.05) is 25.1 Å². The number of anilines is 1. The summed E-state index contributed by atoms with van der Waals surface area (Å²) < 4.78 is 5.25. The van der Waals surface area contributed by atoms with Gasteiger partial charge in [0, 0.05) is 36.5 Å². The van der Waals surface area contributed by atoms with Crippen LogP contribution in [0.5, 0.6) is 5.75 Å². The Hall–Kier alpha value is -2.34. The lowest BCUT2D eigenvalue weighted by Gasteiger charge is -2.33. The summed E-state index contributed by atoms with van der Waals surface area (Å²) in [5.41, 5.74) is 0.443. The van der Waals surface area contributed by atoms with E-state index in [1.54, 1.807) is 36.7 Å². The van der Waals surface area contributed by atoms with Gasteiger partial charge in [0.05, 0.1) is 12.7 Å². The zero-order chi connectivity index (χ0) is 16.9. The molecule has 0 bridgehead atoms. The molecule has 126 valence electrons. The van der Waals surface area contributed by atoms with Gasteiger partial charge in [-0.3, -0.25) is 4.79 Å². The molecule has 0 unspecified atom stereocenters. The predicted molar refractivity (Wildman–Crippen MR) is 92.7 cm³/mol. The summed E-state index contributed by atoms with van der Waals surface area (Å²) >= 11 is 6.00. The number of hydrogen-bond acceptors (Lipinski definition) is 5. The number of ether oxygens (including phenoxy) is 1. The van der Waals surface area contributed by atoms with Gasteiger partial charge in [-0.25, -0.2) is 9.97 Å². The smallest absolute Gasteiger partial charge is 0.255 e. The first-order valence-electron chi connectivity index (χ1n) is 7.84. The standard InChI is InChI=1S/C17H19ClN4O2/c1-24-15-6-5-12(18)10-14(15)16(23)21-13-4-2-9-22(11-13)17-19-7-3-8-20-17/h3,5-8,10,13H,2,4,9,11H2,1H3,(H,21,23)/t13-/m1/s1. The Morgan fingerprint density at radius 3 is 2.92 bits per heavy atom. The maximum absolute atomic E-state index is 12.6. The fraction of sp³-hybridized carbons (Fsp3) is 0.353. The molecule has 1 aromatic heterocycles. The van der Waals surface area contributed by atoms with E-state index in [1.807, 2.05) is 0 Å². The number of piperidine rings is 1. The van der Waals surface area contributed by atoms with Crippen molar-refractivity contribution in [1.82, 2.24) is 15.3 Å². The van der Waals surface area contributed by atoms with Crippen LogP contribution in [0.15, 0.2) is 36.7 Å². The molecule has 2 aromatic rings. The summed E-state index contributed by atoms with van der Waals surface area (Å²) in [4.78, 5) is 23.2. The first-order valence-corrected chi connectivity index (χ1v) is 8.21. The Morgan fingerprint density at radius 1 is 1.38 bits per heavy atom. The molecule has 1 N–H and O–H groups in total. The van der Waals surface area contributed by atoms with E-state index in [4.69, 9.17) is 16.3 Å². The van der Waals surface area contributed by atoms with Gasteiger partial charge in [-0.15, -0.1) is 0 Å². The lowest BCUT2D eigenvalue weighted by Crippen LogP contribution is -2.48. The number of nitrogens with one attached hydrogen (secondary N) is 1. The summed E-state index contributed by atoms with van der Waals surface area (Å²) in [5, 5.41) is 3.57. The van der Waals surface area contributed by atoms with Crippen LogP contribution in [-0.2, 0) is 0 Å². The summed E-state index contributed by atoms with van der Waals surface area (Å²) in [6.07, 6.45) is 5.33. The molecule has 0 aliphatic carbocycles. The van der Waals surface area contributed by atoms with E-state index in [2.05, 4.69) is 20.2 Å². The summed E-state index contributed by atoms with van der Waals surface area (Å²) in [5.74, 6) is 1.02. The molecule has 1 amide bonds. The van der Waals surface area contributed by atoms with Crippen molar-refractivity contribution in [3.05, 3.63) is 47.2 Å². The molecule has 1 aliphatic rings. The number of carbonyl (C=O) groups excluding carboxylic acids is 1. The van der Waals surface area contributed by atoms with Crippen molar-refractivity contribution < 1.29 is 9.53 Å². The van der Waals surface area contributed by atoms with Gasteiger partial charge in [0.1, 0.15) is 5.75 Å². The van der Waals surface area contributed by atoms with Crippen LogP contribution < -0.4 is 15.0 Å². The number of amides is 1. The summed E-state index contributed by atoms with van der Waals surface area (Å²) in [7, 11) is 1.54. The molecule has 1 saturated heterocycles. The molecule has 1 atom stereocenters. The topological polar surface area (TPSA) is 67.3 Å². The van der Waals surface area contributed by atoms with Crippen LogP contribution in [0.25, 0.3) is 0 Å². The van der Waals surface area contributed by atoms with E-state index in [-0.39, 0.29) is 11.9 Å². The molecule has 1 aromatic carbocycles. The van der Waals surface area contributed by atoms with Gasteiger partial charge in [0.15, 0.2) is 0 Å². The second-order valence-corrected chi connectivity index (χ2v) is 6.09. The Balaban J connectivity index is 1.69. The predicted octanol–water partition coefficient (Wildman–Crippen LogP) is 2.54. The molecule has 3 rings (SSSR count). The van der Waals surface area contributed by atoms with Gasteiger partial charge in [0.2, 0.25) is 5.95 Å². The van der Waals surface area contributed by atoms with Crippen LogP contribution in [0, 0.1) is 0 Å². The maximum Gasteiger partial charge on any atom is 0.255 e. The first-order chi connectivity index (χ1) is 11.7. The fourth-order valence-corrected chi connectivity index (χ4v) is 3.02. The van der Waals surface area contributed by atoms with Crippen molar-refractivity contribution in [3.8, 4) is 5.75 Å². The maximum atomic E-state index is 12.6. The zero-order valence-electron chi connectivity index (χ0n) is 13.4. The molecule has 24 heavy (non-hydrogen) atoms. The highest BCUT2D eigenvalue weighted by atomic mass is 35.5. The van der Waals surface area contributed by atoms with Crippen LogP contribution in [-0.4, -0.2) is 42.1 Å². The number of nitrogens with zero attached hydrogens (tertiary/aromatic N) is 3. The summed E-state index contributed by atoms with van der Waals surface area (Å²) in [6, 6.07) is 6.84. The lowest BCUT2D eigenvalue weighted by atomic mass is 10.1. The highest BCUT2D eigenvalue weighted by Crippen LogP contribution is 2.23. The molecule has 0 saturated carbocycles. The van der Waals surface area contributed by atoms with Crippen LogP contribution in [0.1, 0.15) is 23.2 Å². The van der Waals surface area contributed by atoms with E-state index in [0.717, 1.165) is 19.4 Å². The molecule has 0 radical (unpaired) electrons. The van der Waals surface area contributed by atoms with Crippen molar-refractivity contribution in [3.63, 3.8) is 0 Å². The van der Waals surface area contributed by atoms with Gasteiger partial charge in [0.25, 0.3) is 5.91 Å². The molecule has 6 nitrogen and oxygen atoms in total. The minimum atomic E-state index is -0.185. The van der Waals surface area contributed by atoms with Gasteiger partial charge in [-0.2, -0.15) is 0 Å². The Labute approximate surface area is 145 Å². The zero-order valence-corrected chi connectivity index (χ0v) is 14.2. The Morgan fingerprint density at radius 2 is 2.17 bits per heavy atom. The molecule has 1 fully saturated rings. The van der Waals surface area contributed by atoms with Crippen molar-refractivity contribution in [2.24, 2.45) is 0 Å². The van der Waals surface area contributed by atoms with Crippen LogP contribution in [0.4, 0.5) is 5.95 Å². The quantitative estimate of drug-likeness (QED) is 0.921. The fourth-order valence-electron chi connectivity index (χ4n) is 2.85. The monoisotopic (exact) mass is 346 g/mol. The highest BCUT2D eigenvalue weighted by Gasteiger charge is 2.24. The van der Waals surface area contributed by atoms with E-state index in [1.165, 1.54) is 7.11 Å². The first kappa shape index (κ1) is 16.5. The van der Waals surface area contributed by atoms with E-state index >= 15 is 0 Å². The number of aromatic nitrogens is 2. The third-order valence-corrected chi connectivity index (χ3v) is 4.23. The van der Waals surface area contributed by atoms with Crippen LogP contribution in [0.3, 0.4) is 0 Å². The molecular formula is C17H19ClN4O2. The second-order valence-electron chi connectivity index (χ2n) is 5.65. The lowest BCUT2D eigenvalue weighted by molar-refractivity contribution is 0.0930.